The van der Waals surface area contributed by atoms with E-state index in [0.717, 1.165) is 0 Å². The van der Waals surface area contributed by atoms with Crippen LogP contribution in [0.5, 0.6) is 23.0 Å². The van der Waals surface area contributed by atoms with Crippen molar-refractivity contribution in [2.75, 3.05) is 32.7 Å². The molecule has 0 saturated heterocycles. The Labute approximate surface area is 241 Å². The normalized spacial score (nSPS) is 16.1. The number of halogens is 1. The van der Waals surface area contributed by atoms with Crippen LogP contribution in [-0.4, -0.2) is 66.3 Å². The quantitative estimate of drug-likeness (QED) is 0.283. The fourth-order valence-electron chi connectivity index (χ4n) is 4.35. The van der Waals surface area contributed by atoms with Gasteiger partial charge in [-0.15, -0.1) is 10.2 Å². The number of anilines is 1. The van der Waals surface area contributed by atoms with E-state index in [1.807, 2.05) is 12.1 Å². The fourth-order valence-corrected chi connectivity index (χ4v) is 5.58. The molecule has 4 aromatic rings. The highest BCUT2D eigenvalue weighted by Crippen LogP contribution is 2.40. The van der Waals surface area contributed by atoms with Crippen molar-refractivity contribution in [1.82, 2.24) is 24.7 Å². The summed E-state index contributed by atoms with van der Waals surface area (Å²) in [4.78, 5) is 8.26. The van der Waals surface area contributed by atoms with Gasteiger partial charge in [0.05, 0.1) is 19.2 Å². The number of rotatable bonds is 10. The number of methoxy groups -OCH3 is 3. The van der Waals surface area contributed by atoms with Crippen LogP contribution in [0.25, 0.3) is 5.69 Å². The van der Waals surface area contributed by atoms with Gasteiger partial charge in [-0.05, 0) is 31.2 Å². The molecule has 15 heteroatoms. The molecule has 216 valence electrons. The summed E-state index contributed by atoms with van der Waals surface area (Å²) in [7, 11) is 0.157. The lowest BCUT2D eigenvalue weighted by atomic mass is 10.2. The molecule has 3 atom stereocenters. The maximum atomic E-state index is 13.7. The van der Waals surface area contributed by atoms with Crippen LogP contribution < -0.4 is 23.7 Å². The molecule has 0 radical (unpaired) electrons. The van der Waals surface area contributed by atoms with Crippen LogP contribution in [0.4, 0.5) is 5.95 Å². The molecular formula is C26H27ClN6O7S. The van der Waals surface area contributed by atoms with Gasteiger partial charge in [0.15, 0.2) is 29.3 Å². The highest BCUT2D eigenvalue weighted by Gasteiger charge is 2.36. The average molecular weight is 603 g/mol. The van der Waals surface area contributed by atoms with Gasteiger partial charge < -0.3 is 23.7 Å². The van der Waals surface area contributed by atoms with Crippen molar-refractivity contribution in [3.63, 3.8) is 0 Å². The van der Waals surface area contributed by atoms with Gasteiger partial charge in [-0.3, -0.25) is 9.29 Å². The number of para-hydroxylation sites is 3. The van der Waals surface area contributed by atoms with Gasteiger partial charge in [0.2, 0.25) is 16.0 Å². The molecule has 2 unspecified atom stereocenters. The van der Waals surface area contributed by atoms with Gasteiger partial charge in [0, 0.05) is 19.5 Å². The first kappa shape index (κ1) is 28.4. The summed E-state index contributed by atoms with van der Waals surface area (Å²) in [5.41, 5.74) is 0.356. The molecule has 13 nitrogen and oxygen atoms in total. The molecule has 1 N–H and O–H groups in total. The smallest absolute Gasteiger partial charge is 0.243 e. The maximum Gasteiger partial charge on any atom is 0.243 e. The zero-order valence-electron chi connectivity index (χ0n) is 22.5. The van der Waals surface area contributed by atoms with E-state index in [0.29, 0.717) is 33.7 Å². The van der Waals surface area contributed by atoms with Crippen molar-refractivity contribution in [2.45, 2.75) is 24.4 Å². The predicted octanol–water partition coefficient (Wildman–Crippen LogP) is 3.76. The third kappa shape index (κ3) is 5.58. The van der Waals surface area contributed by atoms with E-state index in [2.05, 4.69) is 24.9 Å². The standard InChI is InChI=1S/C26H27ClN6O7S/c1-15(23(38-4)24-28-12-16(27)13-29-24)41(34,35)32-26-31-30-25(21-14-39-17-8-5-6-9-18(17)40-21)33(26)22-19(36-2)10-7-11-20(22)37-3/h5-13,15,21,23H,14H2,1-4H3,(H,31,32)/t15?,21-,23?/m1/s1. The molecule has 1 aliphatic rings. The molecule has 0 spiro atoms. The lowest BCUT2D eigenvalue weighted by Gasteiger charge is -2.27. The second kappa shape index (κ2) is 11.8. The lowest BCUT2D eigenvalue weighted by Crippen LogP contribution is -2.33. The van der Waals surface area contributed by atoms with Crippen LogP contribution in [-0.2, 0) is 14.8 Å². The molecule has 0 fully saturated rings. The van der Waals surface area contributed by atoms with Gasteiger partial charge in [0.25, 0.3) is 0 Å². The molecule has 1 aliphatic heterocycles. The Hall–Kier alpha value is -4.14. The average Bonchev–Trinajstić information content (AvgIpc) is 3.39. The Bertz CT molecular complexity index is 1610. The van der Waals surface area contributed by atoms with E-state index in [4.69, 9.17) is 35.3 Å². The zero-order chi connectivity index (χ0) is 29.1. The van der Waals surface area contributed by atoms with Crippen molar-refractivity contribution in [2.24, 2.45) is 0 Å². The number of nitrogens with one attached hydrogen (secondary N) is 1. The number of benzene rings is 2. The zero-order valence-corrected chi connectivity index (χ0v) is 24.1. The summed E-state index contributed by atoms with van der Waals surface area (Å²) < 4.78 is 60.2. The van der Waals surface area contributed by atoms with E-state index in [1.165, 1.54) is 45.2 Å². The molecule has 2 aromatic carbocycles. The number of sulfonamides is 1. The van der Waals surface area contributed by atoms with E-state index in [9.17, 15) is 8.42 Å². The van der Waals surface area contributed by atoms with Gasteiger partial charge in [-0.25, -0.2) is 18.4 Å². The number of nitrogens with zero attached hydrogens (tertiary/aromatic N) is 5. The molecule has 5 rings (SSSR count). The maximum absolute atomic E-state index is 13.7. The summed E-state index contributed by atoms with van der Waals surface area (Å²) in [6, 6.07) is 12.3. The minimum atomic E-state index is -4.18. The molecule has 0 aliphatic carbocycles. The lowest BCUT2D eigenvalue weighted by molar-refractivity contribution is 0.0837. The van der Waals surface area contributed by atoms with Gasteiger partial charge in [-0.1, -0.05) is 29.8 Å². The van der Waals surface area contributed by atoms with Crippen LogP contribution in [0, 0.1) is 0 Å². The largest absolute Gasteiger partial charge is 0.494 e. The molecule has 0 saturated carbocycles. The molecule has 41 heavy (non-hydrogen) atoms. The second-order valence-corrected chi connectivity index (χ2v) is 11.3. The van der Waals surface area contributed by atoms with Crippen molar-refractivity contribution in [3.05, 3.63) is 71.5 Å². The first-order valence-electron chi connectivity index (χ1n) is 12.3. The van der Waals surface area contributed by atoms with E-state index >= 15 is 0 Å². The molecule has 2 aromatic heterocycles. The monoisotopic (exact) mass is 602 g/mol. The van der Waals surface area contributed by atoms with Crippen molar-refractivity contribution in [1.29, 1.82) is 0 Å². The first-order chi connectivity index (χ1) is 19.8. The summed E-state index contributed by atoms with van der Waals surface area (Å²) in [6.07, 6.45) is 0.957. The van der Waals surface area contributed by atoms with Gasteiger partial charge in [0.1, 0.15) is 35.1 Å². The Morgan fingerprint density at radius 2 is 1.66 bits per heavy atom. The third-order valence-corrected chi connectivity index (χ3v) is 8.30. The topological polar surface area (TPSA) is 149 Å². The predicted molar refractivity (Wildman–Crippen MR) is 149 cm³/mol. The molecule has 0 amide bonds. The summed E-state index contributed by atoms with van der Waals surface area (Å²) in [5, 5.41) is 7.66. The first-order valence-corrected chi connectivity index (χ1v) is 14.3. The minimum Gasteiger partial charge on any atom is -0.494 e. The summed E-state index contributed by atoms with van der Waals surface area (Å²) in [6.45, 7) is 1.56. The van der Waals surface area contributed by atoms with Crippen LogP contribution in [0.15, 0.2) is 54.9 Å². The van der Waals surface area contributed by atoms with Gasteiger partial charge in [-0.2, -0.15) is 0 Å². The van der Waals surface area contributed by atoms with Crippen LogP contribution in [0.1, 0.15) is 30.8 Å². The fraction of sp³-hybridized carbons (Fsp3) is 0.308. The molecule has 0 bridgehead atoms. The van der Waals surface area contributed by atoms with Crippen molar-refractivity contribution in [3.8, 4) is 28.7 Å². The van der Waals surface area contributed by atoms with E-state index in [1.54, 1.807) is 30.3 Å². The number of fused-ring (bicyclic) bond motifs is 1. The third-order valence-electron chi connectivity index (χ3n) is 6.41. The summed E-state index contributed by atoms with van der Waals surface area (Å²) in [5.74, 6) is 2.10. The van der Waals surface area contributed by atoms with Crippen molar-refractivity contribution < 1.29 is 32.1 Å². The number of hydrogen-bond acceptors (Lipinski definition) is 11. The SMILES string of the molecule is COc1cccc(OC)c1-n1c(NS(=O)(=O)C(C)C(OC)c2ncc(Cl)cn2)nnc1[C@H]1COc2ccccc2O1. The van der Waals surface area contributed by atoms with Crippen LogP contribution >= 0.6 is 11.6 Å². The Kier molecular flexibility index (Phi) is 8.15. The highest BCUT2D eigenvalue weighted by molar-refractivity contribution is 7.93. The molecule has 3 heterocycles. The van der Waals surface area contributed by atoms with Gasteiger partial charge >= 0.3 is 0 Å². The highest BCUT2D eigenvalue weighted by atomic mass is 35.5. The Morgan fingerprint density at radius 3 is 2.29 bits per heavy atom. The van der Waals surface area contributed by atoms with Crippen LogP contribution in [0.2, 0.25) is 5.02 Å². The van der Waals surface area contributed by atoms with Crippen LogP contribution in [0.3, 0.4) is 0 Å². The number of aromatic nitrogens is 5. The van der Waals surface area contributed by atoms with E-state index in [-0.39, 0.29) is 24.2 Å². The minimum absolute atomic E-state index is 0.0927. The van der Waals surface area contributed by atoms with Crippen molar-refractivity contribution >= 4 is 27.6 Å². The van der Waals surface area contributed by atoms with E-state index < -0.39 is 27.5 Å². The Balaban J connectivity index is 1.58. The molecular weight excluding hydrogens is 576 g/mol. The number of ether oxygens (including phenoxy) is 5. The number of hydrogen-bond donors (Lipinski definition) is 1. The second-order valence-electron chi connectivity index (χ2n) is 8.86. The summed E-state index contributed by atoms with van der Waals surface area (Å²) >= 11 is 5.90. The Morgan fingerprint density at radius 1 is 1.00 bits per heavy atom.